The molecule has 0 aliphatic rings. The van der Waals surface area contributed by atoms with Gasteiger partial charge in [-0.05, 0) is 30.2 Å². The Balaban J connectivity index is 2.72. The van der Waals surface area contributed by atoms with Gasteiger partial charge in [-0.3, -0.25) is 4.98 Å². The Labute approximate surface area is 87.4 Å². The fourth-order valence-electron chi connectivity index (χ4n) is 1.70. The molecule has 0 aliphatic heterocycles. The van der Waals surface area contributed by atoms with E-state index in [4.69, 9.17) is 0 Å². The number of hydrogen-bond acceptors (Lipinski definition) is 2. The highest BCUT2D eigenvalue weighted by molar-refractivity contribution is 5.85. The number of benzene rings is 1. The first-order chi connectivity index (χ1) is 7.24. The van der Waals surface area contributed by atoms with Gasteiger partial charge in [0.2, 0.25) is 0 Å². The topological polar surface area (TPSA) is 33.1 Å². The Bertz CT molecular complexity index is 496. The second-order valence-corrected chi connectivity index (χ2v) is 3.52. The van der Waals surface area contributed by atoms with Crippen LogP contribution in [0.25, 0.3) is 10.9 Å². The number of nitrogens with zero attached hydrogens (tertiary/aromatic N) is 1. The van der Waals surface area contributed by atoms with E-state index in [0.29, 0.717) is 22.9 Å². The molecule has 0 unspecified atom stereocenters. The van der Waals surface area contributed by atoms with Crippen LogP contribution in [0.15, 0.2) is 24.4 Å². The first-order valence-corrected chi connectivity index (χ1v) is 4.99. The average molecular weight is 205 g/mol. The SMILES string of the molecule is CCCc1cc(F)c2cccnc2c1O. The maximum atomic E-state index is 13.6. The Morgan fingerprint density at radius 2 is 2.27 bits per heavy atom. The van der Waals surface area contributed by atoms with Crippen molar-refractivity contribution in [2.24, 2.45) is 0 Å². The van der Waals surface area contributed by atoms with Gasteiger partial charge >= 0.3 is 0 Å². The van der Waals surface area contributed by atoms with Crippen LogP contribution in [0.2, 0.25) is 0 Å². The zero-order chi connectivity index (χ0) is 10.8. The summed E-state index contributed by atoms with van der Waals surface area (Å²) in [5, 5.41) is 10.2. The van der Waals surface area contributed by atoms with Crippen molar-refractivity contribution < 1.29 is 9.50 Å². The third-order valence-electron chi connectivity index (χ3n) is 2.41. The van der Waals surface area contributed by atoms with Crippen LogP contribution in [-0.4, -0.2) is 10.1 Å². The average Bonchev–Trinajstić information content (AvgIpc) is 2.26. The molecule has 1 aromatic heterocycles. The van der Waals surface area contributed by atoms with E-state index in [1.165, 1.54) is 6.07 Å². The standard InChI is InChI=1S/C12H12FNO/c1-2-4-8-7-10(13)9-5-3-6-14-11(9)12(8)15/h3,5-7,15H,2,4H2,1H3. The van der Waals surface area contributed by atoms with Crippen LogP contribution in [0.1, 0.15) is 18.9 Å². The molecular weight excluding hydrogens is 193 g/mol. The molecular formula is C12H12FNO. The highest BCUT2D eigenvalue weighted by Crippen LogP contribution is 2.29. The van der Waals surface area contributed by atoms with Crippen molar-refractivity contribution in [3.05, 3.63) is 35.8 Å². The van der Waals surface area contributed by atoms with Gasteiger partial charge in [-0.15, -0.1) is 0 Å². The van der Waals surface area contributed by atoms with E-state index in [0.717, 1.165) is 6.42 Å². The van der Waals surface area contributed by atoms with Gasteiger partial charge in [-0.25, -0.2) is 4.39 Å². The molecule has 0 bridgehead atoms. The number of aromatic nitrogens is 1. The minimum absolute atomic E-state index is 0.105. The quantitative estimate of drug-likeness (QED) is 0.817. The van der Waals surface area contributed by atoms with Crippen LogP contribution in [0.4, 0.5) is 4.39 Å². The van der Waals surface area contributed by atoms with Crippen molar-refractivity contribution in [2.45, 2.75) is 19.8 Å². The normalized spacial score (nSPS) is 10.8. The molecule has 2 rings (SSSR count). The molecule has 1 N–H and O–H groups in total. The zero-order valence-corrected chi connectivity index (χ0v) is 8.50. The van der Waals surface area contributed by atoms with Crippen LogP contribution in [0.3, 0.4) is 0 Å². The van der Waals surface area contributed by atoms with Gasteiger partial charge in [0, 0.05) is 11.6 Å². The van der Waals surface area contributed by atoms with Crippen molar-refractivity contribution in [2.75, 3.05) is 0 Å². The first-order valence-electron chi connectivity index (χ1n) is 4.99. The summed E-state index contributed by atoms with van der Waals surface area (Å²) in [7, 11) is 0. The largest absolute Gasteiger partial charge is 0.505 e. The molecule has 0 aliphatic carbocycles. The zero-order valence-electron chi connectivity index (χ0n) is 8.50. The Kier molecular flexibility index (Phi) is 2.54. The summed E-state index contributed by atoms with van der Waals surface area (Å²) in [5.74, 6) is -0.215. The number of halogens is 1. The van der Waals surface area contributed by atoms with Gasteiger partial charge in [-0.2, -0.15) is 0 Å². The van der Waals surface area contributed by atoms with Gasteiger partial charge in [0.25, 0.3) is 0 Å². The number of phenolic OH excluding ortho intramolecular Hbond substituents is 1. The minimum atomic E-state index is -0.320. The second-order valence-electron chi connectivity index (χ2n) is 3.52. The smallest absolute Gasteiger partial charge is 0.145 e. The minimum Gasteiger partial charge on any atom is -0.505 e. The lowest BCUT2D eigenvalue weighted by molar-refractivity contribution is 0.471. The number of phenols is 1. The lowest BCUT2D eigenvalue weighted by Gasteiger charge is -2.07. The van der Waals surface area contributed by atoms with Gasteiger partial charge in [0.05, 0.1) is 0 Å². The predicted octanol–water partition coefficient (Wildman–Crippen LogP) is 3.03. The van der Waals surface area contributed by atoms with Crippen LogP contribution in [0.5, 0.6) is 5.75 Å². The van der Waals surface area contributed by atoms with Crippen LogP contribution >= 0.6 is 0 Å². The Morgan fingerprint density at radius 1 is 1.47 bits per heavy atom. The fourth-order valence-corrected chi connectivity index (χ4v) is 1.70. The Hall–Kier alpha value is -1.64. The van der Waals surface area contributed by atoms with Crippen molar-refractivity contribution >= 4 is 10.9 Å². The van der Waals surface area contributed by atoms with Crippen LogP contribution in [-0.2, 0) is 6.42 Å². The third-order valence-corrected chi connectivity index (χ3v) is 2.41. The summed E-state index contributed by atoms with van der Waals surface area (Å²) in [4.78, 5) is 3.99. The van der Waals surface area contributed by atoms with E-state index in [2.05, 4.69) is 4.98 Å². The third kappa shape index (κ3) is 1.65. The molecule has 0 atom stereocenters. The van der Waals surface area contributed by atoms with Gasteiger partial charge in [0.1, 0.15) is 17.1 Å². The number of rotatable bonds is 2. The highest BCUT2D eigenvalue weighted by atomic mass is 19.1. The number of hydrogen-bond donors (Lipinski definition) is 1. The molecule has 1 aromatic carbocycles. The number of pyridine rings is 1. The van der Waals surface area contributed by atoms with Crippen LogP contribution in [0, 0.1) is 5.82 Å². The van der Waals surface area contributed by atoms with E-state index in [1.807, 2.05) is 6.92 Å². The molecule has 2 aromatic rings. The second kappa shape index (κ2) is 3.85. The summed E-state index contributed by atoms with van der Waals surface area (Å²) in [6, 6.07) is 4.67. The molecule has 0 saturated heterocycles. The van der Waals surface area contributed by atoms with E-state index >= 15 is 0 Å². The van der Waals surface area contributed by atoms with Crippen molar-refractivity contribution in [1.29, 1.82) is 0 Å². The lowest BCUT2D eigenvalue weighted by Crippen LogP contribution is -1.91. The molecule has 78 valence electrons. The molecule has 1 heterocycles. The summed E-state index contributed by atoms with van der Waals surface area (Å²) < 4.78 is 13.6. The fraction of sp³-hybridized carbons (Fsp3) is 0.250. The molecule has 2 nitrogen and oxygen atoms in total. The summed E-state index contributed by atoms with van der Waals surface area (Å²) in [6.07, 6.45) is 3.08. The van der Waals surface area contributed by atoms with Crippen molar-refractivity contribution in [3.63, 3.8) is 0 Å². The molecule has 0 saturated carbocycles. The maximum absolute atomic E-state index is 13.6. The van der Waals surface area contributed by atoms with E-state index < -0.39 is 0 Å². The van der Waals surface area contributed by atoms with Crippen LogP contribution < -0.4 is 0 Å². The predicted molar refractivity (Wildman–Crippen MR) is 57.4 cm³/mol. The van der Waals surface area contributed by atoms with E-state index in [1.54, 1.807) is 18.3 Å². The molecule has 3 heteroatoms. The highest BCUT2D eigenvalue weighted by Gasteiger charge is 2.11. The van der Waals surface area contributed by atoms with Crippen molar-refractivity contribution in [1.82, 2.24) is 4.98 Å². The summed E-state index contributed by atoms with van der Waals surface area (Å²) in [5.41, 5.74) is 0.974. The Morgan fingerprint density at radius 3 is 3.00 bits per heavy atom. The molecule has 15 heavy (non-hydrogen) atoms. The lowest BCUT2D eigenvalue weighted by atomic mass is 10.1. The van der Waals surface area contributed by atoms with Crippen molar-refractivity contribution in [3.8, 4) is 5.75 Å². The van der Waals surface area contributed by atoms with E-state index in [9.17, 15) is 9.50 Å². The number of fused-ring (bicyclic) bond motifs is 1. The van der Waals surface area contributed by atoms with Gasteiger partial charge < -0.3 is 5.11 Å². The van der Waals surface area contributed by atoms with Gasteiger partial charge in [-0.1, -0.05) is 13.3 Å². The maximum Gasteiger partial charge on any atom is 0.145 e. The molecule has 0 fully saturated rings. The molecule has 0 spiro atoms. The number of aromatic hydroxyl groups is 1. The first kappa shape index (κ1) is 9.90. The van der Waals surface area contributed by atoms with Gasteiger partial charge in [0.15, 0.2) is 0 Å². The van der Waals surface area contributed by atoms with E-state index in [-0.39, 0.29) is 11.6 Å². The monoisotopic (exact) mass is 205 g/mol. The summed E-state index contributed by atoms with van der Waals surface area (Å²) >= 11 is 0. The molecule has 0 radical (unpaired) electrons. The molecule has 0 amide bonds. The number of aryl methyl sites for hydroxylation is 1. The summed E-state index contributed by atoms with van der Waals surface area (Å²) in [6.45, 7) is 1.99.